The van der Waals surface area contributed by atoms with E-state index in [0.717, 1.165) is 0 Å². The molecule has 1 heterocycles. The van der Waals surface area contributed by atoms with Crippen molar-refractivity contribution in [3.63, 3.8) is 0 Å². The third-order valence-corrected chi connectivity index (χ3v) is 2.89. The summed E-state index contributed by atoms with van der Waals surface area (Å²) in [6.07, 6.45) is 4.65. The van der Waals surface area contributed by atoms with Crippen molar-refractivity contribution in [2.45, 2.75) is 51.6 Å². The van der Waals surface area contributed by atoms with E-state index >= 15 is 0 Å². The largest absolute Gasteiger partial charge is 0.347 e. The maximum absolute atomic E-state index is 5.66. The molecule has 0 bridgehead atoms. The highest BCUT2D eigenvalue weighted by atomic mass is 16.7. The van der Waals surface area contributed by atoms with E-state index in [2.05, 4.69) is 13.8 Å². The molecular weight excluding hydrogens is 140 g/mol. The van der Waals surface area contributed by atoms with E-state index in [1.54, 1.807) is 0 Å². The molecule has 0 N–H and O–H groups in total. The van der Waals surface area contributed by atoms with E-state index in [1.165, 1.54) is 19.3 Å². The van der Waals surface area contributed by atoms with Crippen LogP contribution in [0.4, 0.5) is 0 Å². The first-order chi connectivity index (χ1) is 5.27. The van der Waals surface area contributed by atoms with E-state index in [9.17, 15) is 0 Å². The van der Waals surface area contributed by atoms with Gasteiger partial charge in [0.1, 0.15) is 0 Å². The van der Waals surface area contributed by atoms with Gasteiger partial charge in [-0.2, -0.15) is 0 Å². The van der Waals surface area contributed by atoms with E-state index < -0.39 is 0 Å². The predicted octanol–water partition coefficient (Wildman–Crippen LogP) is 1.94. The van der Waals surface area contributed by atoms with Gasteiger partial charge in [0.05, 0.1) is 12.2 Å². The van der Waals surface area contributed by atoms with Crippen LogP contribution in [-0.4, -0.2) is 18.5 Å². The quantitative estimate of drug-likeness (QED) is 0.577. The molecule has 11 heavy (non-hydrogen) atoms. The number of rotatable bonds is 1. The first-order valence-corrected chi connectivity index (χ1v) is 4.58. The Morgan fingerprint density at radius 2 is 1.55 bits per heavy atom. The molecule has 0 aromatic carbocycles. The van der Waals surface area contributed by atoms with Gasteiger partial charge in [-0.3, -0.25) is 0 Å². The van der Waals surface area contributed by atoms with Crippen LogP contribution in [0, 0.1) is 5.92 Å². The summed E-state index contributed by atoms with van der Waals surface area (Å²) in [6.45, 7) is 4.17. The highest BCUT2D eigenvalue weighted by molar-refractivity contribution is 4.79. The van der Waals surface area contributed by atoms with Crippen molar-refractivity contribution in [2.24, 2.45) is 5.92 Å². The maximum Gasteiger partial charge on any atom is 0.161 e. The lowest BCUT2D eigenvalue weighted by molar-refractivity contribution is -0.120. The zero-order chi connectivity index (χ0) is 7.84. The molecular formula is C9H16O2. The fourth-order valence-corrected chi connectivity index (χ4v) is 1.61. The number of hydrogen-bond acceptors (Lipinski definition) is 2. The van der Waals surface area contributed by atoms with Gasteiger partial charge in [0.25, 0.3) is 0 Å². The van der Waals surface area contributed by atoms with Crippen LogP contribution < -0.4 is 0 Å². The Kier molecular flexibility index (Phi) is 1.90. The van der Waals surface area contributed by atoms with Gasteiger partial charge in [-0.05, 0) is 26.7 Å². The minimum Gasteiger partial charge on any atom is -0.347 e. The molecule has 2 heteroatoms. The first-order valence-electron chi connectivity index (χ1n) is 4.58. The zero-order valence-corrected chi connectivity index (χ0v) is 7.25. The summed E-state index contributed by atoms with van der Waals surface area (Å²) >= 11 is 0. The van der Waals surface area contributed by atoms with Gasteiger partial charge in [0, 0.05) is 5.92 Å². The Morgan fingerprint density at radius 1 is 1.00 bits per heavy atom. The van der Waals surface area contributed by atoms with Gasteiger partial charge >= 0.3 is 0 Å². The second-order valence-electron chi connectivity index (χ2n) is 3.74. The van der Waals surface area contributed by atoms with Crippen LogP contribution in [0.25, 0.3) is 0 Å². The molecule has 1 aliphatic carbocycles. The number of hydrogen-bond donors (Lipinski definition) is 0. The molecule has 1 aliphatic heterocycles. The van der Waals surface area contributed by atoms with E-state index in [-0.39, 0.29) is 6.29 Å². The van der Waals surface area contributed by atoms with Crippen LogP contribution >= 0.6 is 0 Å². The predicted molar refractivity (Wildman–Crippen MR) is 42.2 cm³/mol. The average Bonchev–Trinajstić information content (AvgIpc) is 2.08. The van der Waals surface area contributed by atoms with Gasteiger partial charge in [0.15, 0.2) is 6.29 Å². The first kappa shape index (κ1) is 7.56. The summed E-state index contributed by atoms with van der Waals surface area (Å²) < 4.78 is 11.3. The van der Waals surface area contributed by atoms with Gasteiger partial charge in [0.2, 0.25) is 0 Å². The molecule has 2 unspecified atom stereocenters. The van der Waals surface area contributed by atoms with Crippen molar-refractivity contribution >= 4 is 0 Å². The Labute approximate surface area is 67.9 Å². The lowest BCUT2D eigenvalue weighted by atomic mass is 9.85. The topological polar surface area (TPSA) is 18.5 Å². The molecule has 0 spiro atoms. The van der Waals surface area contributed by atoms with Crippen LogP contribution in [0.2, 0.25) is 0 Å². The highest BCUT2D eigenvalue weighted by Gasteiger charge is 2.37. The highest BCUT2D eigenvalue weighted by Crippen LogP contribution is 2.36. The van der Waals surface area contributed by atoms with Crippen molar-refractivity contribution in [2.75, 3.05) is 0 Å². The summed E-state index contributed by atoms with van der Waals surface area (Å²) in [5.41, 5.74) is 0. The summed E-state index contributed by atoms with van der Waals surface area (Å²) in [4.78, 5) is 0. The molecule has 2 rings (SSSR count). The van der Waals surface area contributed by atoms with Crippen molar-refractivity contribution in [3.05, 3.63) is 0 Å². The molecule has 2 nitrogen and oxygen atoms in total. The summed E-state index contributed by atoms with van der Waals surface area (Å²) in [5, 5.41) is 0. The van der Waals surface area contributed by atoms with Crippen LogP contribution in [-0.2, 0) is 9.47 Å². The van der Waals surface area contributed by atoms with Crippen LogP contribution in [0.15, 0.2) is 0 Å². The third kappa shape index (κ3) is 1.30. The fraction of sp³-hybridized carbons (Fsp3) is 1.00. The Balaban J connectivity index is 1.87. The van der Waals surface area contributed by atoms with Crippen molar-refractivity contribution in [1.82, 2.24) is 0 Å². The normalized spacial score (nSPS) is 45.8. The molecule has 0 amide bonds. The molecule has 0 radical (unpaired) electrons. The van der Waals surface area contributed by atoms with Gasteiger partial charge in [-0.1, -0.05) is 6.42 Å². The zero-order valence-electron chi connectivity index (χ0n) is 7.25. The van der Waals surface area contributed by atoms with E-state index in [0.29, 0.717) is 18.1 Å². The summed E-state index contributed by atoms with van der Waals surface area (Å²) in [5.74, 6) is 0.697. The molecule has 0 aromatic heterocycles. The second kappa shape index (κ2) is 2.76. The maximum atomic E-state index is 5.66. The van der Waals surface area contributed by atoms with Crippen LogP contribution in [0.3, 0.4) is 0 Å². The van der Waals surface area contributed by atoms with Crippen LogP contribution in [0.5, 0.6) is 0 Å². The molecule has 2 aliphatic rings. The van der Waals surface area contributed by atoms with Gasteiger partial charge in [-0.15, -0.1) is 0 Å². The van der Waals surface area contributed by atoms with Crippen molar-refractivity contribution < 1.29 is 9.47 Å². The summed E-state index contributed by atoms with van der Waals surface area (Å²) in [6, 6.07) is 0. The molecule has 0 aromatic rings. The number of ether oxygens (including phenoxy) is 2. The van der Waals surface area contributed by atoms with Gasteiger partial charge in [-0.25, -0.2) is 0 Å². The Hall–Kier alpha value is -0.0800. The van der Waals surface area contributed by atoms with E-state index in [4.69, 9.17) is 9.47 Å². The smallest absolute Gasteiger partial charge is 0.161 e. The molecule has 2 fully saturated rings. The van der Waals surface area contributed by atoms with E-state index in [1.807, 2.05) is 0 Å². The third-order valence-electron chi connectivity index (χ3n) is 2.89. The van der Waals surface area contributed by atoms with Crippen LogP contribution in [0.1, 0.15) is 33.1 Å². The summed E-state index contributed by atoms with van der Waals surface area (Å²) in [7, 11) is 0. The minimum absolute atomic E-state index is 0.119. The van der Waals surface area contributed by atoms with Gasteiger partial charge < -0.3 is 9.47 Å². The van der Waals surface area contributed by atoms with Crippen molar-refractivity contribution in [1.29, 1.82) is 0 Å². The molecule has 64 valence electrons. The molecule has 2 atom stereocenters. The second-order valence-corrected chi connectivity index (χ2v) is 3.74. The standard InChI is InChI=1S/C9H16O2/c1-6-7(2)11-9(10-6)8-4-3-5-8/h6-9H,3-5H2,1-2H3. The Morgan fingerprint density at radius 3 is 1.91 bits per heavy atom. The molecule has 1 saturated carbocycles. The average molecular weight is 156 g/mol. The lowest BCUT2D eigenvalue weighted by Gasteiger charge is -2.29. The van der Waals surface area contributed by atoms with Crippen molar-refractivity contribution in [3.8, 4) is 0 Å². The Bertz CT molecular complexity index is 132. The molecule has 1 saturated heterocycles. The minimum atomic E-state index is 0.119. The SMILES string of the molecule is CC1OC(C2CCC2)OC1C. The fourth-order valence-electron chi connectivity index (χ4n) is 1.61. The lowest BCUT2D eigenvalue weighted by Crippen LogP contribution is -2.27. The monoisotopic (exact) mass is 156 g/mol.